The number of hydrogen-bond acceptors (Lipinski definition) is 4. The molecule has 34 heavy (non-hydrogen) atoms. The van der Waals surface area contributed by atoms with Crippen LogP contribution in [0.2, 0.25) is 5.02 Å². The molecular weight excluding hydrogens is 474 g/mol. The lowest BCUT2D eigenvalue weighted by Crippen LogP contribution is -2.49. The summed E-state index contributed by atoms with van der Waals surface area (Å²) in [5, 5.41) is 3.40. The van der Waals surface area contributed by atoms with E-state index in [0.717, 1.165) is 17.4 Å². The Labute approximate surface area is 208 Å². The summed E-state index contributed by atoms with van der Waals surface area (Å²) >= 11 is 5.99. The largest absolute Gasteiger partial charge is 0.355 e. The smallest absolute Gasteiger partial charge is 0.242 e. The van der Waals surface area contributed by atoms with Crippen LogP contribution in [0.15, 0.2) is 48.5 Å². The summed E-state index contributed by atoms with van der Waals surface area (Å²) in [5.74, 6) is -0.407. The average Bonchev–Trinajstić information content (AvgIpc) is 2.78. The van der Waals surface area contributed by atoms with E-state index < -0.39 is 16.1 Å². The summed E-state index contributed by atoms with van der Waals surface area (Å²) in [6.07, 6.45) is 2.05. The van der Waals surface area contributed by atoms with Gasteiger partial charge in [-0.25, -0.2) is 8.42 Å². The highest BCUT2D eigenvalue weighted by Gasteiger charge is 2.28. The van der Waals surface area contributed by atoms with Crippen LogP contribution in [0.5, 0.6) is 0 Å². The number of carbonyl (C=O) groups excluding carboxylic acids is 2. The van der Waals surface area contributed by atoms with Gasteiger partial charge in [-0.05, 0) is 56.5 Å². The van der Waals surface area contributed by atoms with Crippen LogP contribution < -0.4 is 9.62 Å². The summed E-state index contributed by atoms with van der Waals surface area (Å²) in [6.45, 7) is 6.53. The molecule has 1 N–H and O–H groups in total. The minimum Gasteiger partial charge on any atom is -0.355 e. The van der Waals surface area contributed by atoms with Crippen molar-refractivity contribution in [2.24, 2.45) is 0 Å². The maximum absolute atomic E-state index is 13.3. The van der Waals surface area contributed by atoms with Gasteiger partial charge in [-0.15, -0.1) is 0 Å². The Kier molecular flexibility index (Phi) is 10.4. The van der Waals surface area contributed by atoms with Crippen LogP contribution in [0, 0.1) is 6.92 Å². The summed E-state index contributed by atoms with van der Waals surface area (Å²) < 4.78 is 26.1. The van der Waals surface area contributed by atoms with Gasteiger partial charge in [0.05, 0.1) is 11.9 Å². The van der Waals surface area contributed by atoms with Gasteiger partial charge in [-0.1, -0.05) is 48.4 Å². The summed E-state index contributed by atoms with van der Waals surface area (Å²) in [6, 6.07) is 13.8. The van der Waals surface area contributed by atoms with Gasteiger partial charge >= 0.3 is 0 Å². The fraction of sp³-hybridized carbons (Fsp3) is 0.440. The maximum Gasteiger partial charge on any atom is 0.242 e. The number of likely N-dealkylation sites (N-methyl/N-ethyl adjacent to an activating group) is 1. The molecule has 0 aromatic heterocycles. The van der Waals surface area contributed by atoms with E-state index in [0.29, 0.717) is 30.1 Å². The molecule has 9 heteroatoms. The molecule has 0 saturated carbocycles. The number of hydrogen-bond donors (Lipinski definition) is 1. The molecule has 7 nitrogen and oxygen atoms in total. The van der Waals surface area contributed by atoms with Crippen molar-refractivity contribution < 1.29 is 18.0 Å². The van der Waals surface area contributed by atoms with Crippen molar-refractivity contribution in [3.05, 3.63) is 64.7 Å². The first kappa shape index (κ1) is 27.7. The zero-order chi connectivity index (χ0) is 25.3. The monoisotopic (exact) mass is 507 g/mol. The number of anilines is 1. The number of nitrogens with one attached hydrogen (secondary N) is 1. The number of amides is 2. The Bertz CT molecular complexity index is 1060. The first-order valence-corrected chi connectivity index (χ1v) is 13.7. The molecule has 0 heterocycles. The van der Waals surface area contributed by atoms with Gasteiger partial charge < -0.3 is 10.2 Å². The molecule has 2 rings (SSSR count). The second-order valence-corrected chi connectivity index (χ2v) is 10.6. The molecule has 0 spiro atoms. The van der Waals surface area contributed by atoms with Crippen molar-refractivity contribution in [2.45, 2.75) is 52.6 Å². The number of nitrogens with zero attached hydrogens (tertiary/aromatic N) is 2. The normalized spacial score (nSPS) is 12.1. The summed E-state index contributed by atoms with van der Waals surface area (Å²) in [5.41, 5.74) is 2.45. The number of sulfonamides is 1. The topological polar surface area (TPSA) is 86.8 Å². The van der Waals surface area contributed by atoms with Gasteiger partial charge in [0.25, 0.3) is 0 Å². The van der Waals surface area contributed by atoms with E-state index >= 15 is 0 Å². The van der Waals surface area contributed by atoms with Crippen molar-refractivity contribution in [3.8, 4) is 0 Å². The van der Waals surface area contributed by atoms with E-state index in [1.807, 2.05) is 45.0 Å². The number of aryl methyl sites for hydroxylation is 1. The minimum atomic E-state index is -3.51. The number of rotatable bonds is 12. The van der Waals surface area contributed by atoms with Crippen molar-refractivity contribution in [3.63, 3.8) is 0 Å². The fourth-order valence-electron chi connectivity index (χ4n) is 3.71. The number of benzene rings is 2. The SMILES string of the molecule is CCNC(=O)[C@H](CC)N(Cc1ccc(Cl)cc1)C(=O)CCCN(c1ccc(C)cc1)S(C)(=O)=O. The predicted molar refractivity (Wildman–Crippen MR) is 137 cm³/mol. The second kappa shape index (κ2) is 12.8. The second-order valence-electron chi connectivity index (χ2n) is 8.24. The Morgan fingerprint density at radius 3 is 2.18 bits per heavy atom. The van der Waals surface area contributed by atoms with E-state index in [9.17, 15) is 18.0 Å². The number of halogens is 1. The lowest BCUT2D eigenvalue weighted by atomic mass is 10.1. The Hall–Kier alpha value is -2.58. The van der Waals surface area contributed by atoms with Crippen LogP contribution in [0.1, 0.15) is 44.2 Å². The van der Waals surface area contributed by atoms with Gasteiger partial charge in [-0.2, -0.15) is 0 Å². The third-order valence-corrected chi connectivity index (χ3v) is 6.92. The van der Waals surface area contributed by atoms with Crippen molar-refractivity contribution in [1.82, 2.24) is 10.2 Å². The first-order chi connectivity index (χ1) is 16.1. The van der Waals surface area contributed by atoms with Crippen molar-refractivity contribution in [1.29, 1.82) is 0 Å². The van der Waals surface area contributed by atoms with Crippen molar-refractivity contribution >= 4 is 39.1 Å². The standard InChI is InChI=1S/C25H34ClN3O4S/c1-5-23(25(31)27-6-2)28(18-20-11-13-21(26)14-12-20)24(30)8-7-17-29(34(4,32)33)22-15-9-19(3)10-16-22/h9-16,23H,5-8,17-18H2,1-4H3,(H,27,31)/t23-/m0/s1. The van der Waals surface area contributed by atoms with Gasteiger partial charge in [0.1, 0.15) is 6.04 Å². The molecule has 0 aliphatic rings. The molecule has 0 unspecified atom stereocenters. The quantitative estimate of drug-likeness (QED) is 0.467. The zero-order valence-corrected chi connectivity index (χ0v) is 21.8. The average molecular weight is 508 g/mol. The van der Waals surface area contributed by atoms with Crippen LogP contribution in [0.4, 0.5) is 5.69 Å². The van der Waals surface area contributed by atoms with E-state index in [4.69, 9.17) is 11.6 Å². The molecule has 0 aliphatic heterocycles. The van der Waals surface area contributed by atoms with E-state index in [1.165, 1.54) is 4.31 Å². The van der Waals surface area contributed by atoms with Crippen LogP contribution >= 0.6 is 11.6 Å². The fourth-order valence-corrected chi connectivity index (χ4v) is 4.80. The minimum absolute atomic E-state index is 0.112. The molecule has 1 atom stereocenters. The Balaban J connectivity index is 2.18. The summed E-state index contributed by atoms with van der Waals surface area (Å²) in [7, 11) is -3.51. The molecule has 2 aromatic rings. The van der Waals surface area contributed by atoms with Crippen molar-refractivity contribution in [2.75, 3.05) is 23.7 Å². The highest BCUT2D eigenvalue weighted by molar-refractivity contribution is 7.92. The number of carbonyl (C=O) groups is 2. The third kappa shape index (κ3) is 8.02. The van der Waals surface area contributed by atoms with Crippen LogP contribution in [0.25, 0.3) is 0 Å². The lowest BCUT2D eigenvalue weighted by Gasteiger charge is -2.31. The third-order valence-electron chi connectivity index (χ3n) is 5.48. The lowest BCUT2D eigenvalue weighted by molar-refractivity contribution is -0.141. The van der Waals surface area contributed by atoms with Crippen LogP contribution in [0.3, 0.4) is 0 Å². The molecule has 0 radical (unpaired) electrons. The van der Waals surface area contributed by atoms with Crippen LogP contribution in [-0.2, 0) is 26.2 Å². The van der Waals surface area contributed by atoms with Gasteiger partial charge in [0.15, 0.2) is 0 Å². The molecule has 0 bridgehead atoms. The Morgan fingerprint density at radius 1 is 1.03 bits per heavy atom. The molecule has 0 aliphatic carbocycles. The van der Waals surface area contributed by atoms with Crippen LogP contribution in [-0.4, -0.2) is 50.5 Å². The predicted octanol–water partition coefficient (Wildman–Crippen LogP) is 4.14. The zero-order valence-electron chi connectivity index (χ0n) is 20.3. The summed E-state index contributed by atoms with van der Waals surface area (Å²) in [4.78, 5) is 27.5. The van der Waals surface area contributed by atoms with Gasteiger partial charge in [0.2, 0.25) is 21.8 Å². The molecular formula is C25H34ClN3O4S. The van der Waals surface area contributed by atoms with Gasteiger partial charge in [0, 0.05) is 31.1 Å². The molecule has 186 valence electrons. The highest BCUT2D eigenvalue weighted by Crippen LogP contribution is 2.20. The molecule has 2 aromatic carbocycles. The van der Waals surface area contributed by atoms with E-state index in [1.54, 1.807) is 29.2 Å². The maximum atomic E-state index is 13.3. The molecule has 0 saturated heterocycles. The molecule has 2 amide bonds. The van der Waals surface area contributed by atoms with E-state index in [-0.39, 0.29) is 31.3 Å². The van der Waals surface area contributed by atoms with E-state index in [2.05, 4.69) is 5.32 Å². The molecule has 0 fully saturated rings. The Morgan fingerprint density at radius 2 is 1.65 bits per heavy atom. The first-order valence-electron chi connectivity index (χ1n) is 11.4. The highest BCUT2D eigenvalue weighted by atomic mass is 35.5. The van der Waals surface area contributed by atoms with Gasteiger partial charge in [-0.3, -0.25) is 13.9 Å².